The zero-order valence-corrected chi connectivity index (χ0v) is 11.7. The molecule has 0 N–H and O–H groups in total. The lowest BCUT2D eigenvalue weighted by atomic mass is 10.3. The molecule has 0 fully saturated rings. The van der Waals surface area contributed by atoms with E-state index in [2.05, 4.69) is 13.1 Å². The molecule has 0 atom stereocenters. The van der Waals surface area contributed by atoms with Crippen LogP contribution in [-0.2, 0) is 4.43 Å². The number of alkyl halides is 1. The summed E-state index contributed by atoms with van der Waals surface area (Å²) in [5.41, 5.74) is 0. The van der Waals surface area contributed by atoms with Gasteiger partial charge in [0.15, 0.2) is 0 Å². The van der Waals surface area contributed by atoms with Crippen LogP contribution in [0.4, 0.5) is 0 Å². The average molecular weight is 259 g/mol. The monoisotopic (exact) mass is 258 g/mol. The fourth-order valence-corrected chi connectivity index (χ4v) is 2.90. The van der Waals surface area contributed by atoms with E-state index in [0.29, 0.717) is 5.88 Å². The Morgan fingerprint density at radius 1 is 1.12 bits per heavy atom. The lowest BCUT2D eigenvalue weighted by Gasteiger charge is -2.23. The molecule has 0 heterocycles. The molecule has 0 unspecified atom stereocenters. The van der Waals surface area contributed by atoms with E-state index in [1.807, 2.05) is 30.3 Å². The topological polar surface area (TPSA) is 18.5 Å². The highest BCUT2D eigenvalue weighted by Gasteiger charge is 2.26. The summed E-state index contributed by atoms with van der Waals surface area (Å²) in [6.07, 6.45) is 2.00. The first kappa shape index (κ1) is 13.6. The first-order valence-corrected chi connectivity index (χ1v) is 8.93. The number of halogens is 1. The van der Waals surface area contributed by atoms with E-state index in [4.69, 9.17) is 20.5 Å². The highest BCUT2D eigenvalue weighted by Crippen LogP contribution is 2.16. The molecule has 1 aromatic rings. The predicted octanol–water partition coefficient (Wildman–Crippen LogP) is 3.80. The Kier molecular flexibility index (Phi) is 5.88. The third-order valence-corrected chi connectivity index (χ3v) is 3.98. The molecule has 2 nitrogen and oxygen atoms in total. The van der Waals surface area contributed by atoms with Crippen LogP contribution in [0.2, 0.25) is 13.1 Å². The first-order chi connectivity index (χ1) is 7.64. The molecule has 4 heteroatoms. The van der Waals surface area contributed by atoms with Crippen molar-refractivity contribution in [1.82, 2.24) is 0 Å². The summed E-state index contributed by atoms with van der Waals surface area (Å²) in [6.45, 7) is 4.85. The van der Waals surface area contributed by atoms with Crippen LogP contribution in [0.25, 0.3) is 0 Å². The molecule has 90 valence electrons. The smallest absolute Gasteiger partial charge is 0.392 e. The first-order valence-electron chi connectivity index (χ1n) is 5.58. The minimum absolute atomic E-state index is 0.699. The highest BCUT2D eigenvalue weighted by molar-refractivity contribution is 6.65. The number of benzene rings is 1. The summed E-state index contributed by atoms with van der Waals surface area (Å²) in [7, 11) is -2.04. The molecule has 16 heavy (non-hydrogen) atoms. The Hall–Kier alpha value is -0.513. The van der Waals surface area contributed by atoms with E-state index in [0.717, 1.165) is 25.2 Å². The third kappa shape index (κ3) is 5.54. The van der Waals surface area contributed by atoms with Gasteiger partial charge >= 0.3 is 8.56 Å². The molecule has 0 spiro atoms. The standard InChI is InChI=1S/C12H19ClO2Si/c1-16(2,14-11-7-6-10-13)15-12-8-4-3-5-9-12/h3-5,8-9H,6-7,10-11H2,1-2H3. The Labute approximate surface area is 104 Å². The fraction of sp³-hybridized carbons (Fsp3) is 0.500. The van der Waals surface area contributed by atoms with Gasteiger partial charge in [0.2, 0.25) is 0 Å². The number of para-hydroxylation sites is 1. The van der Waals surface area contributed by atoms with Gasteiger partial charge in [-0.15, -0.1) is 11.6 Å². The molecule has 0 bridgehead atoms. The van der Waals surface area contributed by atoms with E-state index in [1.165, 1.54) is 0 Å². The van der Waals surface area contributed by atoms with E-state index < -0.39 is 8.56 Å². The lowest BCUT2D eigenvalue weighted by molar-refractivity contribution is 0.243. The SMILES string of the molecule is C[Si](C)(OCCCCCl)Oc1ccccc1. The summed E-state index contributed by atoms with van der Waals surface area (Å²) in [4.78, 5) is 0. The molecule has 0 saturated carbocycles. The van der Waals surface area contributed by atoms with Crippen molar-refractivity contribution in [3.05, 3.63) is 30.3 Å². The molecule has 0 aromatic heterocycles. The van der Waals surface area contributed by atoms with Crippen LogP contribution in [0.15, 0.2) is 30.3 Å². The summed E-state index contributed by atoms with van der Waals surface area (Å²) < 4.78 is 11.7. The highest BCUT2D eigenvalue weighted by atomic mass is 35.5. The second-order valence-corrected chi connectivity index (χ2v) is 7.73. The Morgan fingerprint density at radius 2 is 1.81 bits per heavy atom. The van der Waals surface area contributed by atoms with Gasteiger partial charge in [0, 0.05) is 12.5 Å². The summed E-state index contributed by atoms with van der Waals surface area (Å²) in [6, 6.07) is 9.82. The maximum Gasteiger partial charge on any atom is 0.392 e. The molecule has 0 aliphatic rings. The molecule has 0 amide bonds. The predicted molar refractivity (Wildman–Crippen MR) is 70.5 cm³/mol. The van der Waals surface area contributed by atoms with Gasteiger partial charge in [-0.2, -0.15) is 0 Å². The Morgan fingerprint density at radius 3 is 2.44 bits per heavy atom. The normalized spacial score (nSPS) is 11.4. The van der Waals surface area contributed by atoms with Gasteiger partial charge < -0.3 is 8.85 Å². The summed E-state index contributed by atoms with van der Waals surface area (Å²) in [5.74, 6) is 1.58. The van der Waals surface area contributed by atoms with Gasteiger partial charge in [-0.1, -0.05) is 18.2 Å². The lowest BCUT2D eigenvalue weighted by Crippen LogP contribution is -2.38. The molecule has 0 saturated heterocycles. The maximum atomic E-state index is 5.87. The van der Waals surface area contributed by atoms with Crippen molar-refractivity contribution in [2.75, 3.05) is 12.5 Å². The third-order valence-electron chi connectivity index (χ3n) is 2.08. The molecular weight excluding hydrogens is 240 g/mol. The molecule has 1 aromatic carbocycles. The van der Waals surface area contributed by atoms with Crippen LogP contribution in [0.5, 0.6) is 5.75 Å². The van der Waals surface area contributed by atoms with Crippen molar-refractivity contribution in [1.29, 1.82) is 0 Å². The van der Waals surface area contributed by atoms with Crippen molar-refractivity contribution >= 4 is 20.2 Å². The van der Waals surface area contributed by atoms with Gasteiger partial charge in [0.1, 0.15) is 5.75 Å². The average Bonchev–Trinajstić information content (AvgIpc) is 2.25. The van der Waals surface area contributed by atoms with Crippen molar-refractivity contribution in [3.63, 3.8) is 0 Å². The molecule has 1 rings (SSSR count). The summed E-state index contributed by atoms with van der Waals surface area (Å²) in [5, 5.41) is 0. The maximum absolute atomic E-state index is 5.87. The molecule has 0 radical (unpaired) electrons. The largest absolute Gasteiger partial charge is 0.520 e. The Balaban J connectivity index is 2.33. The van der Waals surface area contributed by atoms with Crippen LogP contribution in [0.1, 0.15) is 12.8 Å². The van der Waals surface area contributed by atoms with Gasteiger partial charge in [0.25, 0.3) is 0 Å². The molecule has 0 aliphatic heterocycles. The van der Waals surface area contributed by atoms with Gasteiger partial charge in [-0.05, 0) is 38.1 Å². The minimum atomic E-state index is -2.04. The van der Waals surface area contributed by atoms with E-state index >= 15 is 0 Å². The van der Waals surface area contributed by atoms with E-state index in [-0.39, 0.29) is 0 Å². The van der Waals surface area contributed by atoms with Crippen LogP contribution in [-0.4, -0.2) is 21.0 Å². The molecule has 0 aliphatic carbocycles. The van der Waals surface area contributed by atoms with Gasteiger partial charge in [-0.3, -0.25) is 0 Å². The van der Waals surface area contributed by atoms with E-state index in [9.17, 15) is 0 Å². The zero-order valence-electron chi connectivity index (χ0n) is 9.91. The fourth-order valence-electron chi connectivity index (χ4n) is 1.32. The van der Waals surface area contributed by atoms with Gasteiger partial charge in [0.05, 0.1) is 0 Å². The minimum Gasteiger partial charge on any atom is -0.520 e. The quantitative estimate of drug-likeness (QED) is 0.421. The number of hydrogen-bond donors (Lipinski definition) is 0. The zero-order chi connectivity index (χ0) is 11.9. The van der Waals surface area contributed by atoms with Crippen LogP contribution in [0.3, 0.4) is 0 Å². The van der Waals surface area contributed by atoms with Crippen molar-refractivity contribution in [2.24, 2.45) is 0 Å². The van der Waals surface area contributed by atoms with Crippen LogP contribution in [0, 0.1) is 0 Å². The molecular formula is C12H19ClO2Si. The Bertz CT molecular complexity index is 290. The second kappa shape index (κ2) is 6.94. The van der Waals surface area contributed by atoms with Crippen molar-refractivity contribution in [2.45, 2.75) is 25.9 Å². The van der Waals surface area contributed by atoms with E-state index in [1.54, 1.807) is 0 Å². The van der Waals surface area contributed by atoms with Crippen LogP contribution < -0.4 is 4.43 Å². The number of hydrogen-bond acceptors (Lipinski definition) is 2. The van der Waals surface area contributed by atoms with Gasteiger partial charge in [-0.25, -0.2) is 0 Å². The number of unbranched alkanes of at least 4 members (excludes halogenated alkanes) is 1. The summed E-state index contributed by atoms with van der Waals surface area (Å²) >= 11 is 5.61. The number of rotatable bonds is 7. The van der Waals surface area contributed by atoms with Crippen LogP contribution >= 0.6 is 11.6 Å². The van der Waals surface area contributed by atoms with Crippen molar-refractivity contribution in [3.8, 4) is 5.75 Å². The van der Waals surface area contributed by atoms with Crippen molar-refractivity contribution < 1.29 is 8.85 Å². The second-order valence-electron chi connectivity index (χ2n) is 4.06.